The van der Waals surface area contributed by atoms with E-state index in [0.29, 0.717) is 5.56 Å². The van der Waals surface area contributed by atoms with Gasteiger partial charge in [0.05, 0.1) is 5.56 Å². The van der Waals surface area contributed by atoms with E-state index >= 15 is 0 Å². The van der Waals surface area contributed by atoms with Crippen molar-refractivity contribution in [1.29, 1.82) is 0 Å². The molecule has 0 saturated carbocycles. The number of nitrogens with two attached hydrogens (primary N) is 1. The van der Waals surface area contributed by atoms with E-state index in [0.717, 1.165) is 9.75 Å². The van der Waals surface area contributed by atoms with Gasteiger partial charge in [0, 0.05) is 9.75 Å². The Bertz CT molecular complexity index is 397. The van der Waals surface area contributed by atoms with Crippen molar-refractivity contribution in [2.45, 2.75) is 26.9 Å². The standard InChI is InChI=1S/C10H13NO3S/c1-5-4-8(7(3)15-5)10(13)14-6(2)9(11)12/h4,6H,1-3H3,(H2,11,12)/t6-/m1/s1. The lowest BCUT2D eigenvalue weighted by atomic mass is 10.2. The molecule has 1 atom stereocenters. The van der Waals surface area contributed by atoms with Gasteiger partial charge in [-0.15, -0.1) is 11.3 Å². The summed E-state index contributed by atoms with van der Waals surface area (Å²) in [6.07, 6.45) is -0.892. The second kappa shape index (κ2) is 4.44. The molecule has 0 saturated heterocycles. The van der Waals surface area contributed by atoms with Gasteiger partial charge in [0.1, 0.15) is 0 Å². The van der Waals surface area contributed by atoms with Crippen molar-refractivity contribution in [3.8, 4) is 0 Å². The molecule has 5 heteroatoms. The monoisotopic (exact) mass is 227 g/mol. The molecule has 82 valence electrons. The number of thiophene rings is 1. The predicted octanol–water partition coefficient (Wildman–Crippen LogP) is 1.40. The lowest BCUT2D eigenvalue weighted by molar-refractivity contribution is -0.125. The van der Waals surface area contributed by atoms with Crippen LogP contribution in [0, 0.1) is 13.8 Å². The van der Waals surface area contributed by atoms with Gasteiger partial charge in [-0.1, -0.05) is 0 Å². The van der Waals surface area contributed by atoms with Gasteiger partial charge >= 0.3 is 5.97 Å². The molecule has 0 aromatic carbocycles. The fourth-order valence-corrected chi connectivity index (χ4v) is 2.03. The van der Waals surface area contributed by atoms with Crippen LogP contribution >= 0.6 is 11.3 Å². The number of carbonyl (C=O) groups is 2. The van der Waals surface area contributed by atoms with Crippen LogP contribution in [0.4, 0.5) is 0 Å². The van der Waals surface area contributed by atoms with Crippen LogP contribution in [0.2, 0.25) is 0 Å². The highest BCUT2D eigenvalue weighted by Crippen LogP contribution is 2.21. The van der Waals surface area contributed by atoms with E-state index in [2.05, 4.69) is 0 Å². The Morgan fingerprint density at radius 2 is 2.07 bits per heavy atom. The minimum Gasteiger partial charge on any atom is -0.449 e. The zero-order valence-electron chi connectivity index (χ0n) is 8.87. The van der Waals surface area contributed by atoms with E-state index in [-0.39, 0.29) is 0 Å². The van der Waals surface area contributed by atoms with Crippen LogP contribution in [-0.2, 0) is 9.53 Å². The summed E-state index contributed by atoms with van der Waals surface area (Å²) >= 11 is 1.52. The molecule has 1 amide bonds. The van der Waals surface area contributed by atoms with Gasteiger partial charge < -0.3 is 10.5 Å². The molecular formula is C10H13NO3S. The highest BCUT2D eigenvalue weighted by Gasteiger charge is 2.18. The number of rotatable bonds is 3. The summed E-state index contributed by atoms with van der Waals surface area (Å²) in [5.41, 5.74) is 5.50. The average molecular weight is 227 g/mol. The third-order valence-corrected chi connectivity index (χ3v) is 2.91. The molecule has 1 aromatic heterocycles. The van der Waals surface area contributed by atoms with Crippen molar-refractivity contribution in [1.82, 2.24) is 0 Å². The molecule has 15 heavy (non-hydrogen) atoms. The van der Waals surface area contributed by atoms with Gasteiger partial charge in [-0.3, -0.25) is 4.79 Å². The zero-order chi connectivity index (χ0) is 11.6. The maximum atomic E-state index is 11.6. The fraction of sp³-hybridized carbons (Fsp3) is 0.400. The van der Waals surface area contributed by atoms with Crippen molar-refractivity contribution in [3.63, 3.8) is 0 Å². The van der Waals surface area contributed by atoms with Gasteiger partial charge in [0.25, 0.3) is 5.91 Å². The Balaban J connectivity index is 2.77. The Hall–Kier alpha value is -1.36. The van der Waals surface area contributed by atoms with Crippen LogP contribution in [0.5, 0.6) is 0 Å². The zero-order valence-corrected chi connectivity index (χ0v) is 9.68. The highest BCUT2D eigenvalue weighted by molar-refractivity contribution is 7.12. The summed E-state index contributed by atoms with van der Waals surface area (Å²) < 4.78 is 4.89. The Labute approximate surface area is 92.0 Å². The lowest BCUT2D eigenvalue weighted by Gasteiger charge is -2.08. The first kappa shape index (κ1) is 11.7. The van der Waals surface area contributed by atoms with Crippen LogP contribution in [0.25, 0.3) is 0 Å². The summed E-state index contributed by atoms with van der Waals surface area (Å²) in [5.74, 6) is -1.14. The smallest absolute Gasteiger partial charge is 0.340 e. The van der Waals surface area contributed by atoms with Gasteiger partial charge in [-0.25, -0.2) is 4.79 Å². The largest absolute Gasteiger partial charge is 0.449 e. The van der Waals surface area contributed by atoms with Crippen molar-refractivity contribution >= 4 is 23.2 Å². The third-order valence-electron chi connectivity index (χ3n) is 1.95. The number of amides is 1. The average Bonchev–Trinajstić information content (AvgIpc) is 2.44. The predicted molar refractivity (Wildman–Crippen MR) is 57.9 cm³/mol. The van der Waals surface area contributed by atoms with Crippen molar-refractivity contribution in [2.75, 3.05) is 0 Å². The van der Waals surface area contributed by atoms with E-state index in [9.17, 15) is 9.59 Å². The molecule has 2 N–H and O–H groups in total. The second-order valence-electron chi connectivity index (χ2n) is 3.28. The molecule has 0 fully saturated rings. The molecule has 0 aliphatic carbocycles. The van der Waals surface area contributed by atoms with Crippen molar-refractivity contribution < 1.29 is 14.3 Å². The van der Waals surface area contributed by atoms with Crippen LogP contribution < -0.4 is 5.73 Å². The fourth-order valence-electron chi connectivity index (χ4n) is 1.12. The van der Waals surface area contributed by atoms with E-state index in [1.54, 1.807) is 6.07 Å². The lowest BCUT2D eigenvalue weighted by Crippen LogP contribution is -2.30. The summed E-state index contributed by atoms with van der Waals surface area (Å²) in [4.78, 5) is 24.2. The number of hydrogen-bond acceptors (Lipinski definition) is 4. The van der Waals surface area contributed by atoms with E-state index in [4.69, 9.17) is 10.5 Å². The maximum absolute atomic E-state index is 11.6. The third kappa shape index (κ3) is 2.79. The molecule has 0 spiro atoms. The highest BCUT2D eigenvalue weighted by atomic mass is 32.1. The van der Waals surface area contributed by atoms with Crippen LogP contribution in [-0.4, -0.2) is 18.0 Å². The normalized spacial score (nSPS) is 12.2. The topological polar surface area (TPSA) is 69.4 Å². The van der Waals surface area contributed by atoms with Gasteiger partial charge in [-0.05, 0) is 26.8 Å². The van der Waals surface area contributed by atoms with E-state index in [1.165, 1.54) is 18.3 Å². The second-order valence-corrected chi connectivity index (χ2v) is 4.74. The quantitative estimate of drug-likeness (QED) is 0.793. The molecule has 1 heterocycles. The van der Waals surface area contributed by atoms with Crippen LogP contribution in [0.3, 0.4) is 0 Å². The van der Waals surface area contributed by atoms with E-state index < -0.39 is 18.0 Å². The van der Waals surface area contributed by atoms with Crippen molar-refractivity contribution in [2.24, 2.45) is 5.73 Å². The first-order valence-electron chi connectivity index (χ1n) is 4.49. The summed E-state index contributed by atoms with van der Waals surface area (Å²) in [6.45, 7) is 5.20. The minimum atomic E-state index is -0.892. The van der Waals surface area contributed by atoms with Gasteiger partial charge in [0.2, 0.25) is 0 Å². The minimum absolute atomic E-state index is 0.497. The summed E-state index contributed by atoms with van der Waals surface area (Å²) in [7, 11) is 0. The molecule has 0 unspecified atom stereocenters. The Kier molecular flexibility index (Phi) is 3.47. The molecule has 0 aliphatic rings. The molecule has 1 rings (SSSR count). The van der Waals surface area contributed by atoms with Crippen molar-refractivity contribution in [3.05, 3.63) is 21.4 Å². The Morgan fingerprint density at radius 3 is 2.47 bits per heavy atom. The SMILES string of the molecule is Cc1cc(C(=O)O[C@H](C)C(N)=O)c(C)s1. The number of primary amides is 1. The first-order chi connectivity index (χ1) is 6.91. The Morgan fingerprint density at radius 1 is 1.47 bits per heavy atom. The maximum Gasteiger partial charge on any atom is 0.340 e. The number of aryl methyl sites for hydroxylation is 2. The summed E-state index contributed by atoms with van der Waals surface area (Å²) in [5, 5.41) is 0. The van der Waals surface area contributed by atoms with Crippen LogP contribution in [0.1, 0.15) is 27.0 Å². The number of hydrogen-bond donors (Lipinski definition) is 1. The molecule has 1 aromatic rings. The number of ether oxygens (including phenoxy) is 1. The number of carbonyl (C=O) groups excluding carboxylic acids is 2. The molecular weight excluding hydrogens is 214 g/mol. The molecule has 0 radical (unpaired) electrons. The van der Waals surface area contributed by atoms with Crippen LogP contribution in [0.15, 0.2) is 6.07 Å². The summed E-state index contributed by atoms with van der Waals surface area (Å²) in [6, 6.07) is 1.75. The molecule has 4 nitrogen and oxygen atoms in total. The first-order valence-corrected chi connectivity index (χ1v) is 5.30. The molecule has 0 bridgehead atoms. The van der Waals surface area contributed by atoms with Gasteiger partial charge in [-0.2, -0.15) is 0 Å². The van der Waals surface area contributed by atoms with Gasteiger partial charge in [0.15, 0.2) is 6.10 Å². The molecule has 0 aliphatic heterocycles. The number of esters is 1. The van der Waals surface area contributed by atoms with E-state index in [1.807, 2.05) is 13.8 Å².